The van der Waals surface area contributed by atoms with Crippen molar-refractivity contribution in [2.24, 2.45) is 11.3 Å². The zero-order valence-corrected chi connectivity index (χ0v) is 29.0. The Kier molecular flexibility index (Phi) is 11.1. The van der Waals surface area contributed by atoms with E-state index in [2.05, 4.69) is 38.8 Å². The highest BCUT2D eigenvalue weighted by Crippen LogP contribution is 2.44. The summed E-state index contributed by atoms with van der Waals surface area (Å²) in [4.78, 5) is 38.3. The van der Waals surface area contributed by atoms with Gasteiger partial charge in [-0.25, -0.2) is 14.2 Å². The minimum absolute atomic E-state index is 0.0564. The van der Waals surface area contributed by atoms with Crippen LogP contribution in [0.3, 0.4) is 0 Å². The van der Waals surface area contributed by atoms with E-state index in [1.165, 1.54) is 24.5 Å². The molecule has 0 bridgehead atoms. The van der Waals surface area contributed by atoms with Crippen LogP contribution in [0.2, 0.25) is 0 Å². The van der Waals surface area contributed by atoms with Crippen molar-refractivity contribution in [3.63, 3.8) is 0 Å². The number of aromatic nitrogens is 3. The van der Waals surface area contributed by atoms with Crippen molar-refractivity contribution >= 4 is 17.8 Å². The first-order valence-electron chi connectivity index (χ1n) is 16.5. The highest BCUT2D eigenvalue weighted by Gasteiger charge is 2.50. The molecule has 0 N–H and O–H groups in total. The van der Waals surface area contributed by atoms with Crippen LogP contribution in [-0.4, -0.2) is 106 Å². The number of amides is 2. The van der Waals surface area contributed by atoms with Gasteiger partial charge in [-0.2, -0.15) is 0 Å². The van der Waals surface area contributed by atoms with Crippen molar-refractivity contribution in [1.82, 2.24) is 29.9 Å². The third-order valence-corrected chi connectivity index (χ3v) is 8.93. The Bertz CT molecular complexity index is 1360. The average molecular weight is 642 g/mol. The Morgan fingerprint density at radius 3 is 2.48 bits per heavy atom. The van der Waals surface area contributed by atoms with E-state index in [0.29, 0.717) is 30.9 Å². The summed E-state index contributed by atoms with van der Waals surface area (Å²) < 4.78 is 26.0. The van der Waals surface area contributed by atoms with E-state index in [0.717, 1.165) is 45.4 Å². The van der Waals surface area contributed by atoms with E-state index in [1.54, 1.807) is 16.8 Å². The number of hydrogen-bond acceptors (Lipinski definition) is 9. The molecule has 254 valence electrons. The van der Waals surface area contributed by atoms with Crippen LogP contribution in [0.5, 0.6) is 11.6 Å². The number of halogens is 1. The van der Waals surface area contributed by atoms with Gasteiger partial charge in [0, 0.05) is 63.8 Å². The van der Waals surface area contributed by atoms with Crippen molar-refractivity contribution < 1.29 is 23.5 Å². The number of ether oxygens (including phenoxy) is 2. The number of rotatable bonds is 12. The van der Waals surface area contributed by atoms with Crippen LogP contribution < -0.4 is 9.64 Å². The number of hydrogen-bond donors (Lipinski definition) is 0. The molecule has 0 aliphatic carbocycles. The van der Waals surface area contributed by atoms with Gasteiger partial charge in [0.25, 0.3) is 11.8 Å². The highest BCUT2D eigenvalue weighted by molar-refractivity contribution is 5.97. The second kappa shape index (κ2) is 14.5. The summed E-state index contributed by atoms with van der Waals surface area (Å²) in [6.07, 6.45) is 4.04. The Morgan fingerprint density at radius 2 is 1.85 bits per heavy atom. The molecule has 0 unspecified atom stereocenters. The summed E-state index contributed by atoms with van der Waals surface area (Å²) >= 11 is 0. The van der Waals surface area contributed by atoms with Crippen molar-refractivity contribution in [1.29, 1.82) is 0 Å². The SMILES string of the molecule is CCN(C(=O)c1cc(F)ccc1Oc1nncnc1N1CCC2(C1)CN([C@H](CCCN(C)C(=O)OC(C)(C)C)C(C)C)C2)C(C)C. The molecule has 12 heteroatoms. The van der Waals surface area contributed by atoms with Crippen LogP contribution in [-0.2, 0) is 4.74 Å². The lowest BCUT2D eigenvalue weighted by Crippen LogP contribution is -2.62. The second-order valence-electron chi connectivity index (χ2n) is 14.4. The molecule has 1 spiro atoms. The van der Waals surface area contributed by atoms with Crippen molar-refractivity contribution in [3.8, 4) is 11.6 Å². The summed E-state index contributed by atoms with van der Waals surface area (Å²) in [6.45, 7) is 20.6. The Morgan fingerprint density at radius 1 is 1.13 bits per heavy atom. The number of carbonyl (C=O) groups excluding carboxylic acids is 2. The molecule has 11 nitrogen and oxygen atoms in total. The molecule has 2 amide bonds. The number of carbonyl (C=O) groups is 2. The third-order valence-electron chi connectivity index (χ3n) is 8.93. The van der Waals surface area contributed by atoms with E-state index in [1.807, 2.05) is 41.5 Å². The summed E-state index contributed by atoms with van der Waals surface area (Å²) in [5.74, 6) is 0.637. The van der Waals surface area contributed by atoms with E-state index in [9.17, 15) is 14.0 Å². The van der Waals surface area contributed by atoms with Gasteiger partial charge in [-0.15, -0.1) is 10.2 Å². The van der Waals surface area contributed by atoms with Gasteiger partial charge in [-0.3, -0.25) is 9.69 Å². The summed E-state index contributed by atoms with van der Waals surface area (Å²) in [5.41, 5.74) is -0.232. The molecular formula is C34H52FN7O4. The van der Waals surface area contributed by atoms with Crippen molar-refractivity contribution in [2.45, 2.75) is 92.3 Å². The van der Waals surface area contributed by atoms with Gasteiger partial charge in [0.15, 0.2) is 5.82 Å². The van der Waals surface area contributed by atoms with Crippen LogP contribution in [0, 0.1) is 17.2 Å². The maximum atomic E-state index is 14.3. The van der Waals surface area contributed by atoms with Crippen molar-refractivity contribution in [2.75, 3.05) is 51.2 Å². The van der Waals surface area contributed by atoms with Gasteiger partial charge >= 0.3 is 6.09 Å². The topological polar surface area (TPSA) is 104 Å². The number of anilines is 1. The van der Waals surface area contributed by atoms with Gasteiger partial charge in [0.1, 0.15) is 23.5 Å². The fourth-order valence-corrected chi connectivity index (χ4v) is 6.63. The van der Waals surface area contributed by atoms with E-state index in [4.69, 9.17) is 9.47 Å². The predicted molar refractivity (Wildman–Crippen MR) is 176 cm³/mol. The standard InChI is InChI=1S/C34H52FN7O4/c1-10-42(24(4)5)31(43)26-18-25(35)13-14-28(26)45-30-29(36-22-37-38-30)40-17-15-34(19-40)20-41(21-34)27(23(2)3)12-11-16-39(9)32(44)46-33(6,7)8/h13-14,18,22-24,27H,10-12,15-17,19-21H2,1-9H3/t27-/m1/s1. The predicted octanol–water partition coefficient (Wildman–Crippen LogP) is 5.86. The minimum atomic E-state index is -0.515. The number of likely N-dealkylation sites (tertiary alicyclic amines) is 1. The molecule has 1 aromatic heterocycles. The molecule has 1 atom stereocenters. The second-order valence-corrected chi connectivity index (χ2v) is 14.4. The highest BCUT2D eigenvalue weighted by atomic mass is 19.1. The number of nitrogens with zero attached hydrogens (tertiary/aromatic N) is 7. The molecule has 2 saturated heterocycles. The first-order valence-corrected chi connectivity index (χ1v) is 16.5. The Labute approximate surface area is 273 Å². The molecule has 1 aromatic carbocycles. The molecular weight excluding hydrogens is 589 g/mol. The smallest absolute Gasteiger partial charge is 0.410 e. The van der Waals surface area contributed by atoms with Crippen LogP contribution in [0.25, 0.3) is 0 Å². The normalized spacial score (nSPS) is 16.9. The Balaban J connectivity index is 1.39. The maximum Gasteiger partial charge on any atom is 0.410 e. The minimum Gasteiger partial charge on any atom is -0.444 e. The van der Waals surface area contributed by atoms with Crippen LogP contribution in [0.4, 0.5) is 15.0 Å². The van der Waals surface area contributed by atoms with Gasteiger partial charge in [0.2, 0.25) is 0 Å². The lowest BCUT2D eigenvalue weighted by molar-refractivity contribution is -0.0346. The third kappa shape index (κ3) is 8.43. The lowest BCUT2D eigenvalue weighted by Gasteiger charge is -2.53. The van der Waals surface area contributed by atoms with Crippen LogP contribution >= 0.6 is 0 Å². The lowest BCUT2D eigenvalue weighted by atomic mass is 9.76. The molecule has 2 aliphatic rings. The monoisotopic (exact) mass is 641 g/mol. The largest absolute Gasteiger partial charge is 0.444 e. The molecule has 3 heterocycles. The quantitative estimate of drug-likeness (QED) is 0.282. The fourth-order valence-electron chi connectivity index (χ4n) is 6.63. The Hall–Kier alpha value is -3.54. The molecule has 46 heavy (non-hydrogen) atoms. The molecule has 2 aromatic rings. The summed E-state index contributed by atoms with van der Waals surface area (Å²) in [7, 11) is 1.80. The maximum absolute atomic E-state index is 14.3. The van der Waals surface area contributed by atoms with Gasteiger partial charge in [-0.05, 0) is 84.9 Å². The van der Waals surface area contributed by atoms with E-state index >= 15 is 0 Å². The zero-order chi connectivity index (χ0) is 33.8. The first kappa shape index (κ1) is 35.3. The molecule has 2 fully saturated rings. The average Bonchev–Trinajstić information content (AvgIpc) is 3.40. The van der Waals surface area contributed by atoms with Crippen molar-refractivity contribution in [3.05, 3.63) is 35.9 Å². The summed E-state index contributed by atoms with van der Waals surface area (Å²) in [5, 5.41) is 8.19. The number of benzene rings is 1. The van der Waals surface area contributed by atoms with Crippen LogP contribution in [0.15, 0.2) is 24.5 Å². The van der Waals surface area contributed by atoms with Crippen LogP contribution in [0.1, 0.15) is 85.0 Å². The molecule has 0 saturated carbocycles. The van der Waals surface area contributed by atoms with Gasteiger partial charge in [0.05, 0.1) is 5.56 Å². The van der Waals surface area contributed by atoms with Gasteiger partial charge in [-0.1, -0.05) is 13.8 Å². The first-order chi connectivity index (χ1) is 21.6. The van der Waals surface area contributed by atoms with E-state index in [-0.39, 0.29) is 40.7 Å². The van der Waals surface area contributed by atoms with E-state index < -0.39 is 11.4 Å². The van der Waals surface area contributed by atoms with Gasteiger partial charge < -0.3 is 24.2 Å². The zero-order valence-electron chi connectivity index (χ0n) is 29.0. The summed E-state index contributed by atoms with van der Waals surface area (Å²) in [6, 6.07) is 4.31. The molecule has 2 aliphatic heterocycles. The fraction of sp³-hybridized carbons (Fsp3) is 0.676. The molecule has 4 rings (SSSR count). The molecule has 0 radical (unpaired) electrons.